The third kappa shape index (κ3) is 4.39. The van der Waals surface area contributed by atoms with Crippen molar-refractivity contribution in [3.63, 3.8) is 0 Å². The van der Waals surface area contributed by atoms with E-state index in [0.717, 1.165) is 17.5 Å². The molecule has 10 nitrogen and oxygen atoms in total. The van der Waals surface area contributed by atoms with E-state index in [1.54, 1.807) is 23.4 Å². The molecule has 3 heterocycles. The van der Waals surface area contributed by atoms with Gasteiger partial charge in [-0.25, -0.2) is 4.99 Å². The lowest BCUT2D eigenvalue weighted by Gasteiger charge is -2.33. The molecule has 1 aromatic carbocycles. The van der Waals surface area contributed by atoms with Crippen LogP contribution in [0.5, 0.6) is 0 Å². The van der Waals surface area contributed by atoms with Crippen LogP contribution in [-0.2, 0) is 16.1 Å². The van der Waals surface area contributed by atoms with Crippen LogP contribution >= 0.6 is 0 Å². The van der Waals surface area contributed by atoms with Crippen LogP contribution < -0.4 is 15.5 Å². The van der Waals surface area contributed by atoms with Crippen LogP contribution in [0.1, 0.15) is 29.8 Å². The number of hydrogen-bond acceptors (Lipinski definition) is 8. The number of aliphatic hydroxyl groups is 1. The third-order valence-corrected chi connectivity index (χ3v) is 5.99. The van der Waals surface area contributed by atoms with Crippen molar-refractivity contribution in [3.05, 3.63) is 46.9 Å². The number of ether oxygens (including phenoxy) is 1. The molecular formula is C23H28N6O4. The molecule has 3 aliphatic heterocycles. The summed E-state index contributed by atoms with van der Waals surface area (Å²) >= 11 is 0. The molecule has 1 aromatic rings. The summed E-state index contributed by atoms with van der Waals surface area (Å²) in [5.74, 6) is -0.345. The van der Waals surface area contributed by atoms with Gasteiger partial charge in [-0.3, -0.25) is 9.59 Å². The lowest BCUT2D eigenvalue weighted by molar-refractivity contribution is -0.112. The van der Waals surface area contributed by atoms with Crippen LogP contribution in [-0.4, -0.2) is 72.7 Å². The van der Waals surface area contributed by atoms with E-state index in [9.17, 15) is 14.7 Å². The average molecular weight is 453 g/mol. The van der Waals surface area contributed by atoms with Gasteiger partial charge in [0.25, 0.3) is 11.8 Å². The average Bonchev–Trinajstić information content (AvgIpc) is 3.16. The van der Waals surface area contributed by atoms with Gasteiger partial charge in [0.2, 0.25) is 0 Å². The number of carbonyl (C=O) groups is 2. The first-order valence-electron chi connectivity index (χ1n) is 10.8. The van der Waals surface area contributed by atoms with Crippen LogP contribution in [0.15, 0.2) is 40.8 Å². The highest BCUT2D eigenvalue weighted by molar-refractivity contribution is 6.18. The lowest BCUT2D eigenvalue weighted by Crippen LogP contribution is -2.46. The fraction of sp³-hybridized carbons (Fsp3) is 0.391. The first-order chi connectivity index (χ1) is 15.9. The van der Waals surface area contributed by atoms with Crippen LogP contribution in [0.25, 0.3) is 0 Å². The highest BCUT2D eigenvalue weighted by atomic mass is 16.5. The highest BCUT2D eigenvalue weighted by Gasteiger charge is 2.38. The van der Waals surface area contributed by atoms with Crippen molar-refractivity contribution < 1.29 is 19.4 Å². The summed E-state index contributed by atoms with van der Waals surface area (Å²) in [6, 6.07) is 3.62. The Morgan fingerprint density at radius 1 is 1.36 bits per heavy atom. The van der Waals surface area contributed by atoms with E-state index in [4.69, 9.17) is 10.1 Å². The van der Waals surface area contributed by atoms with Crippen molar-refractivity contribution in [1.82, 2.24) is 10.2 Å². The van der Waals surface area contributed by atoms with Crippen LogP contribution in [0.4, 0.5) is 11.4 Å². The predicted molar refractivity (Wildman–Crippen MR) is 126 cm³/mol. The van der Waals surface area contributed by atoms with Crippen molar-refractivity contribution >= 4 is 35.6 Å². The molecule has 4 N–H and O–H groups in total. The van der Waals surface area contributed by atoms with E-state index < -0.39 is 11.4 Å². The fourth-order valence-electron chi connectivity index (χ4n) is 3.99. The Hall–Kier alpha value is -3.50. The van der Waals surface area contributed by atoms with Gasteiger partial charge in [-0.2, -0.15) is 0 Å². The molecular weight excluding hydrogens is 424 g/mol. The van der Waals surface area contributed by atoms with Gasteiger partial charge in [-0.15, -0.1) is 0 Å². The Morgan fingerprint density at radius 3 is 2.76 bits per heavy atom. The maximum atomic E-state index is 13.1. The number of aliphatic hydroxyl groups excluding tert-OH is 1. The SMILES string of the molecule is CC(C)(CO)N1Cc2cc(NC(=O)/C(C=N)=C3\N=CC=CN3)c(N3CCOCC3)cc2C1=O. The minimum Gasteiger partial charge on any atom is -0.394 e. The molecule has 0 bridgehead atoms. The number of anilines is 2. The zero-order valence-electron chi connectivity index (χ0n) is 18.7. The largest absolute Gasteiger partial charge is 0.394 e. The Bertz CT molecular complexity index is 1070. The second-order valence-electron chi connectivity index (χ2n) is 8.63. The van der Waals surface area contributed by atoms with Gasteiger partial charge in [0, 0.05) is 43.8 Å². The molecule has 0 aliphatic carbocycles. The summed E-state index contributed by atoms with van der Waals surface area (Å²) < 4.78 is 5.47. The first kappa shape index (κ1) is 22.7. The van der Waals surface area contributed by atoms with Crippen LogP contribution in [0.3, 0.4) is 0 Å². The van der Waals surface area contributed by atoms with E-state index in [2.05, 4.69) is 20.5 Å². The Labute approximate surface area is 192 Å². The molecule has 1 saturated heterocycles. The quantitative estimate of drug-likeness (QED) is 0.380. The molecule has 1 fully saturated rings. The Morgan fingerprint density at radius 2 is 2.12 bits per heavy atom. The second-order valence-corrected chi connectivity index (χ2v) is 8.63. The zero-order valence-corrected chi connectivity index (χ0v) is 18.7. The van der Waals surface area contributed by atoms with Gasteiger partial charge in [0.05, 0.1) is 42.3 Å². The second kappa shape index (κ2) is 9.16. The zero-order chi connectivity index (χ0) is 23.6. The summed E-state index contributed by atoms with van der Waals surface area (Å²) in [4.78, 5) is 34.1. The minimum atomic E-state index is -0.714. The monoisotopic (exact) mass is 452 g/mol. The Balaban J connectivity index is 1.72. The number of morpholine rings is 1. The molecule has 0 aromatic heterocycles. The normalized spacial score (nSPS) is 19.3. The number of hydrogen-bond donors (Lipinski definition) is 4. The molecule has 0 atom stereocenters. The fourth-order valence-corrected chi connectivity index (χ4v) is 3.99. The number of allylic oxidation sites excluding steroid dienone is 1. The van der Waals surface area contributed by atoms with Gasteiger partial charge in [-0.1, -0.05) is 0 Å². The lowest BCUT2D eigenvalue weighted by atomic mass is 10.1. The number of amides is 2. The predicted octanol–water partition coefficient (Wildman–Crippen LogP) is 1.24. The molecule has 0 radical (unpaired) electrons. The minimum absolute atomic E-state index is 0.0862. The van der Waals surface area contributed by atoms with Crippen LogP contribution in [0.2, 0.25) is 0 Å². The number of benzene rings is 1. The van der Waals surface area contributed by atoms with Gasteiger partial charge in [0.1, 0.15) is 5.82 Å². The van der Waals surface area contributed by atoms with E-state index in [-0.39, 0.29) is 23.9 Å². The molecule has 0 saturated carbocycles. The number of fused-ring (bicyclic) bond motifs is 1. The van der Waals surface area contributed by atoms with Crippen molar-refractivity contribution in [1.29, 1.82) is 5.41 Å². The third-order valence-electron chi connectivity index (χ3n) is 5.99. The number of nitrogens with one attached hydrogen (secondary N) is 3. The van der Waals surface area contributed by atoms with Gasteiger partial charge in [0.15, 0.2) is 0 Å². The first-order valence-corrected chi connectivity index (χ1v) is 10.8. The topological polar surface area (TPSA) is 130 Å². The maximum Gasteiger partial charge on any atom is 0.261 e. The van der Waals surface area contributed by atoms with Crippen molar-refractivity contribution in [2.45, 2.75) is 25.9 Å². The number of carbonyl (C=O) groups excluding carboxylic acids is 2. The van der Waals surface area contributed by atoms with E-state index >= 15 is 0 Å². The summed E-state index contributed by atoms with van der Waals surface area (Å²) in [6.07, 6.45) is 5.83. The number of nitrogens with zero attached hydrogens (tertiary/aromatic N) is 3. The Kier molecular flexibility index (Phi) is 6.30. The van der Waals surface area contributed by atoms with Crippen LogP contribution in [0, 0.1) is 5.41 Å². The maximum absolute atomic E-state index is 13.1. The van der Waals surface area contributed by atoms with E-state index in [0.29, 0.717) is 44.1 Å². The molecule has 3 aliphatic rings. The molecule has 0 unspecified atom stereocenters. The summed E-state index contributed by atoms with van der Waals surface area (Å²) in [6.45, 7) is 6.14. The molecule has 0 spiro atoms. The summed E-state index contributed by atoms with van der Waals surface area (Å²) in [5, 5.41) is 23.3. The molecule has 174 valence electrons. The van der Waals surface area contributed by atoms with E-state index in [1.807, 2.05) is 26.0 Å². The van der Waals surface area contributed by atoms with Crippen molar-refractivity contribution in [2.24, 2.45) is 4.99 Å². The van der Waals surface area contributed by atoms with Gasteiger partial charge in [-0.05, 0) is 37.6 Å². The van der Waals surface area contributed by atoms with Crippen molar-refractivity contribution in [2.75, 3.05) is 43.1 Å². The smallest absolute Gasteiger partial charge is 0.261 e. The van der Waals surface area contributed by atoms with E-state index in [1.165, 1.54) is 0 Å². The number of rotatable bonds is 6. The number of aliphatic imine (C=N–C) groups is 1. The van der Waals surface area contributed by atoms with Crippen molar-refractivity contribution in [3.8, 4) is 0 Å². The standard InChI is InChI=1S/C23H28N6O4/c1-23(2,14-30)29-13-15-10-18(27-21(31)17(12-24)20-25-4-3-5-26-20)19(11-16(15)22(29)32)28-6-8-33-9-7-28/h3-5,10-12,24-25,30H,6-9,13-14H2,1-2H3,(H,27,31)/b20-17-,24-12?. The molecule has 33 heavy (non-hydrogen) atoms. The van der Waals surface area contributed by atoms with Gasteiger partial charge >= 0.3 is 0 Å². The molecule has 4 rings (SSSR count). The molecule has 10 heteroatoms. The summed E-state index contributed by atoms with van der Waals surface area (Å²) in [5.41, 5.74) is 1.97. The summed E-state index contributed by atoms with van der Waals surface area (Å²) in [7, 11) is 0. The van der Waals surface area contributed by atoms with Gasteiger partial charge < -0.3 is 35.7 Å². The highest BCUT2D eigenvalue weighted by Crippen LogP contribution is 2.37. The molecule has 2 amide bonds.